The van der Waals surface area contributed by atoms with Crippen molar-refractivity contribution in [2.24, 2.45) is 0 Å². The van der Waals surface area contributed by atoms with Crippen molar-refractivity contribution < 1.29 is 9.47 Å². The highest BCUT2D eigenvalue weighted by Crippen LogP contribution is 2.27. The van der Waals surface area contributed by atoms with Crippen LogP contribution in [0.1, 0.15) is 23.6 Å². The Bertz CT molecular complexity index is 645. The lowest BCUT2D eigenvalue weighted by Crippen LogP contribution is -2.12. The summed E-state index contributed by atoms with van der Waals surface area (Å²) in [5.41, 5.74) is 2.96. The smallest absolute Gasteiger partial charge is 0.161 e. The molecule has 0 atom stereocenters. The maximum Gasteiger partial charge on any atom is 0.161 e. The van der Waals surface area contributed by atoms with E-state index < -0.39 is 0 Å². The van der Waals surface area contributed by atoms with Crippen LogP contribution in [0.2, 0.25) is 0 Å². The van der Waals surface area contributed by atoms with E-state index in [0.717, 1.165) is 35.7 Å². The second-order valence-electron chi connectivity index (χ2n) is 4.83. The van der Waals surface area contributed by atoms with Gasteiger partial charge in [-0.1, -0.05) is 18.2 Å². The molecule has 0 bridgehead atoms. The van der Waals surface area contributed by atoms with Crippen LogP contribution in [-0.2, 0) is 13.1 Å². The third kappa shape index (κ3) is 4.24. The molecule has 2 rings (SSSR count). The van der Waals surface area contributed by atoms with Gasteiger partial charge in [0.25, 0.3) is 0 Å². The molecule has 0 amide bonds. The van der Waals surface area contributed by atoms with E-state index in [1.807, 2.05) is 49.4 Å². The van der Waals surface area contributed by atoms with Crippen molar-refractivity contribution in [3.63, 3.8) is 0 Å². The molecule has 0 unspecified atom stereocenters. The monoisotopic (exact) mass is 296 g/mol. The van der Waals surface area contributed by atoms with Crippen molar-refractivity contribution >= 4 is 0 Å². The zero-order valence-corrected chi connectivity index (χ0v) is 12.9. The Morgan fingerprint density at radius 1 is 1.00 bits per heavy atom. The van der Waals surface area contributed by atoms with Crippen LogP contribution in [0.4, 0.5) is 0 Å². The van der Waals surface area contributed by atoms with E-state index in [2.05, 4.69) is 11.4 Å². The standard InChI is InChI=1S/C18H20N2O2/c1-3-22-17-9-8-16(10-18(17)21-2)13-20-12-15-6-4-14(11-19)5-7-15/h4-10,20H,3,12-13H2,1-2H3. The number of methoxy groups -OCH3 is 1. The third-order valence-electron chi connectivity index (χ3n) is 3.27. The average molecular weight is 296 g/mol. The molecular formula is C18H20N2O2. The number of rotatable bonds is 7. The van der Waals surface area contributed by atoms with Crippen LogP contribution in [0.15, 0.2) is 42.5 Å². The molecule has 114 valence electrons. The van der Waals surface area contributed by atoms with Gasteiger partial charge < -0.3 is 14.8 Å². The molecule has 0 saturated carbocycles. The maximum absolute atomic E-state index is 8.78. The van der Waals surface area contributed by atoms with Crippen molar-refractivity contribution in [2.75, 3.05) is 13.7 Å². The molecule has 0 aliphatic rings. The molecule has 0 radical (unpaired) electrons. The number of hydrogen-bond donors (Lipinski definition) is 1. The van der Waals surface area contributed by atoms with Crippen LogP contribution >= 0.6 is 0 Å². The molecule has 4 heteroatoms. The van der Waals surface area contributed by atoms with E-state index in [-0.39, 0.29) is 0 Å². The van der Waals surface area contributed by atoms with Crippen molar-refractivity contribution in [3.05, 3.63) is 59.2 Å². The lowest BCUT2D eigenvalue weighted by atomic mass is 10.1. The molecule has 2 aromatic rings. The Kier molecular flexibility index (Phi) is 5.81. The fraction of sp³-hybridized carbons (Fsp3) is 0.278. The molecular weight excluding hydrogens is 276 g/mol. The van der Waals surface area contributed by atoms with Gasteiger partial charge in [-0.2, -0.15) is 5.26 Å². The lowest BCUT2D eigenvalue weighted by Gasteiger charge is -2.11. The van der Waals surface area contributed by atoms with Gasteiger partial charge in [-0.3, -0.25) is 0 Å². The van der Waals surface area contributed by atoms with Gasteiger partial charge in [0.1, 0.15) is 0 Å². The fourth-order valence-corrected chi connectivity index (χ4v) is 2.15. The molecule has 0 aromatic heterocycles. The summed E-state index contributed by atoms with van der Waals surface area (Å²) in [5.74, 6) is 1.51. The predicted octanol–water partition coefficient (Wildman–Crippen LogP) is 3.26. The van der Waals surface area contributed by atoms with Crippen molar-refractivity contribution in [3.8, 4) is 17.6 Å². The van der Waals surface area contributed by atoms with Gasteiger partial charge >= 0.3 is 0 Å². The summed E-state index contributed by atoms with van der Waals surface area (Å²) >= 11 is 0. The van der Waals surface area contributed by atoms with E-state index in [4.69, 9.17) is 14.7 Å². The molecule has 1 N–H and O–H groups in total. The average Bonchev–Trinajstić information content (AvgIpc) is 2.57. The number of ether oxygens (including phenoxy) is 2. The fourth-order valence-electron chi connectivity index (χ4n) is 2.15. The van der Waals surface area contributed by atoms with Crippen LogP contribution in [-0.4, -0.2) is 13.7 Å². The van der Waals surface area contributed by atoms with Gasteiger partial charge in [0.2, 0.25) is 0 Å². The Labute approximate surface area is 131 Å². The second-order valence-corrected chi connectivity index (χ2v) is 4.83. The number of nitrogens with zero attached hydrogens (tertiary/aromatic N) is 1. The van der Waals surface area contributed by atoms with Crippen LogP contribution in [0.25, 0.3) is 0 Å². The van der Waals surface area contributed by atoms with E-state index in [9.17, 15) is 0 Å². The Morgan fingerprint density at radius 2 is 1.68 bits per heavy atom. The Balaban J connectivity index is 1.92. The number of benzene rings is 2. The van der Waals surface area contributed by atoms with Gasteiger partial charge in [0.05, 0.1) is 25.3 Å². The molecule has 0 fully saturated rings. The minimum Gasteiger partial charge on any atom is -0.493 e. The number of nitriles is 1. The van der Waals surface area contributed by atoms with Crippen molar-refractivity contribution in [1.29, 1.82) is 5.26 Å². The van der Waals surface area contributed by atoms with Crippen LogP contribution < -0.4 is 14.8 Å². The molecule has 0 heterocycles. The SMILES string of the molecule is CCOc1ccc(CNCc2ccc(C#N)cc2)cc1OC. The predicted molar refractivity (Wildman–Crippen MR) is 85.9 cm³/mol. The summed E-state index contributed by atoms with van der Waals surface area (Å²) < 4.78 is 10.9. The largest absolute Gasteiger partial charge is 0.493 e. The van der Waals surface area contributed by atoms with E-state index in [1.54, 1.807) is 7.11 Å². The van der Waals surface area contributed by atoms with Crippen LogP contribution in [0, 0.1) is 11.3 Å². The summed E-state index contributed by atoms with van der Waals surface area (Å²) in [7, 11) is 1.64. The highest BCUT2D eigenvalue weighted by Gasteiger charge is 2.05. The number of hydrogen-bond acceptors (Lipinski definition) is 4. The Morgan fingerprint density at radius 3 is 2.32 bits per heavy atom. The first kappa shape index (κ1) is 15.9. The third-order valence-corrected chi connectivity index (χ3v) is 3.27. The molecule has 2 aromatic carbocycles. The summed E-state index contributed by atoms with van der Waals surface area (Å²) in [6.45, 7) is 4.06. The first-order chi connectivity index (χ1) is 10.8. The van der Waals surface area contributed by atoms with E-state index in [1.165, 1.54) is 0 Å². The van der Waals surface area contributed by atoms with Gasteiger partial charge in [-0.15, -0.1) is 0 Å². The molecule has 4 nitrogen and oxygen atoms in total. The first-order valence-electron chi connectivity index (χ1n) is 7.26. The summed E-state index contributed by atoms with van der Waals surface area (Å²) in [5, 5.41) is 12.2. The molecule has 0 aliphatic heterocycles. The van der Waals surface area contributed by atoms with Crippen LogP contribution in [0.3, 0.4) is 0 Å². The minimum atomic E-state index is 0.618. The summed E-state index contributed by atoms with van der Waals surface area (Å²) in [6, 6.07) is 15.6. The second kappa shape index (κ2) is 8.06. The van der Waals surface area contributed by atoms with Gasteiger partial charge in [0.15, 0.2) is 11.5 Å². The van der Waals surface area contributed by atoms with Crippen molar-refractivity contribution in [1.82, 2.24) is 5.32 Å². The lowest BCUT2D eigenvalue weighted by molar-refractivity contribution is 0.310. The quantitative estimate of drug-likeness (QED) is 0.852. The molecule has 22 heavy (non-hydrogen) atoms. The van der Waals surface area contributed by atoms with E-state index >= 15 is 0 Å². The topological polar surface area (TPSA) is 54.3 Å². The minimum absolute atomic E-state index is 0.618. The Hall–Kier alpha value is -2.51. The summed E-state index contributed by atoms with van der Waals surface area (Å²) in [6.07, 6.45) is 0. The zero-order valence-electron chi connectivity index (χ0n) is 12.9. The summed E-state index contributed by atoms with van der Waals surface area (Å²) in [4.78, 5) is 0. The van der Waals surface area contributed by atoms with Gasteiger partial charge in [-0.05, 0) is 42.3 Å². The van der Waals surface area contributed by atoms with Crippen LogP contribution in [0.5, 0.6) is 11.5 Å². The van der Waals surface area contributed by atoms with Gasteiger partial charge in [0, 0.05) is 13.1 Å². The molecule has 0 aliphatic carbocycles. The maximum atomic E-state index is 8.78. The molecule has 0 saturated heterocycles. The molecule has 0 spiro atoms. The highest BCUT2D eigenvalue weighted by molar-refractivity contribution is 5.43. The van der Waals surface area contributed by atoms with E-state index in [0.29, 0.717) is 12.2 Å². The zero-order chi connectivity index (χ0) is 15.8. The normalized spacial score (nSPS) is 10.0. The number of nitrogens with one attached hydrogen (secondary N) is 1. The van der Waals surface area contributed by atoms with Gasteiger partial charge in [-0.25, -0.2) is 0 Å². The highest BCUT2D eigenvalue weighted by atomic mass is 16.5. The van der Waals surface area contributed by atoms with Crippen molar-refractivity contribution in [2.45, 2.75) is 20.0 Å². The first-order valence-corrected chi connectivity index (χ1v) is 7.26.